The van der Waals surface area contributed by atoms with Gasteiger partial charge >= 0.3 is 6.18 Å². The lowest BCUT2D eigenvalue weighted by Crippen LogP contribution is -2.74. The summed E-state index contributed by atoms with van der Waals surface area (Å²) in [4.78, 5) is 0. The molecule has 78 valence electrons. The maximum Gasteiger partial charge on any atom is 0.416 e. The molecule has 0 unspecified atom stereocenters. The van der Waals surface area contributed by atoms with Crippen LogP contribution in [-0.2, 0) is 12.7 Å². The third-order valence-electron chi connectivity index (χ3n) is 1.66. The van der Waals surface area contributed by atoms with Crippen molar-refractivity contribution in [2.24, 2.45) is 0 Å². The molecule has 0 fully saturated rings. The maximum absolute atomic E-state index is 12.7. The highest BCUT2D eigenvalue weighted by Gasteiger charge is 2.31. The second-order valence-corrected chi connectivity index (χ2v) is 2.84. The van der Waals surface area contributed by atoms with Crippen molar-refractivity contribution in [1.82, 2.24) is 0 Å². The molecular formula is C9H9F4N. The number of quaternary nitrogens is 1. The highest BCUT2D eigenvalue weighted by Crippen LogP contribution is 2.30. The van der Waals surface area contributed by atoms with Crippen LogP contribution in [-0.4, -0.2) is 0 Å². The molecule has 0 radical (unpaired) electrons. The Hall–Kier alpha value is -1.10. The summed E-state index contributed by atoms with van der Waals surface area (Å²) in [5.74, 6) is -0.878. The largest absolute Gasteiger partial charge is 0.475 e. The summed E-state index contributed by atoms with van der Waals surface area (Å²) >= 11 is 0. The van der Waals surface area contributed by atoms with Gasteiger partial charge in [-0.1, -0.05) is 0 Å². The van der Waals surface area contributed by atoms with E-state index in [1.165, 1.54) is 5.32 Å². The number of hydrogen-bond acceptors (Lipinski definition) is 0. The minimum Gasteiger partial charge on any atom is -0.475 e. The molecule has 0 heterocycles. The van der Waals surface area contributed by atoms with E-state index in [2.05, 4.69) is 7.05 Å². The zero-order valence-corrected chi connectivity index (χ0v) is 7.24. The van der Waals surface area contributed by atoms with Crippen LogP contribution in [0.1, 0.15) is 11.1 Å². The Morgan fingerprint density at radius 2 is 1.86 bits per heavy atom. The first-order valence-electron chi connectivity index (χ1n) is 3.91. The Morgan fingerprint density at radius 3 is 2.36 bits per heavy atom. The molecule has 0 saturated heterocycles. The molecule has 0 aliphatic heterocycles. The lowest BCUT2D eigenvalue weighted by molar-refractivity contribution is -0.612. The molecule has 0 saturated carbocycles. The van der Waals surface area contributed by atoms with Gasteiger partial charge in [-0.15, -0.1) is 0 Å². The fraction of sp³-hybridized carbons (Fsp3) is 0.222. The van der Waals surface area contributed by atoms with Gasteiger partial charge in [0.1, 0.15) is 5.82 Å². The van der Waals surface area contributed by atoms with E-state index < -0.39 is 17.6 Å². The van der Waals surface area contributed by atoms with Gasteiger partial charge < -0.3 is 5.32 Å². The van der Waals surface area contributed by atoms with E-state index in [1.807, 2.05) is 0 Å². The highest BCUT2D eigenvalue weighted by atomic mass is 19.4. The summed E-state index contributed by atoms with van der Waals surface area (Å²) in [6.07, 6.45) is -4.50. The van der Waals surface area contributed by atoms with Crippen molar-refractivity contribution >= 4 is 0 Å². The fourth-order valence-corrected chi connectivity index (χ4v) is 1.10. The minimum absolute atomic E-state index is 0.223. The SMILES string of the molecule is [CH2-][NH2+]Cc1cc(F)cc(C(F)(F)F)c1. The van der Waals surface area contributed by atoms with Crippen LogP contribution in [0.25, 0.3) is 0 Å². The lowest BCUT2D eigenvalue weighted by Gasteiger charge is -2.08. The monoisotopic (exact) mass is 207 g/mol. The quantitative estimate of drug-likeness (QED) is 0.561. The Bertz CT molecular complexity index is 319. The van der Waals surface area contributed by atoms with Crippen LogP contribution in [0.15, 0.2) is 18.2 Å². The molecule has 1 aromatic carbocycles. The van der Waals surface area contributed by atoms with Crippen molar-refractivity contribution in [1.29, 1.82) is 0 Å². The fourth-order valence-electron chi connectivity index (χ4n) is 1.10. The summed E-state index contributed by atoms with van der Waals surface area (Å²) in [7, 11) is 3.37. The van der Waals surface area contributed by atoms with Gasteiger partial charge in [-0.2, -0.15) is 20.2 Å². The lowest BCUT2D eigenvalue weighted by atomic mass is 10.1. The van der Waals surface area contributed by atoms with Gasteiger partial charge in [0.15, 0.2) is 0 Å². The first-order valence-corrected chi connectivity index (χ1v) is 3.91. The molecule has 0 bridgehead atoms. The number of alkyl halides is 3. The van der Waals surface area contributed by atoms with Crippen LogP contribution in [0.3, 0.4) is 0 Å². The van der Waals surface area contributed by atoms with Gasteiger partial charge in [-0.25, -0.2) is 4.39 Å². The van der Waals surface area contributed by atoms with E-state index in [9.17, 15) is 17.6 Å². The topological polar surface area (TPSA) is 16.6 Å². The zero-order chi connectivity index (χ0) is 10.8. The maximum atomic E-state index is 12.7. The number of rotatable bonds is 2. The molecule has 0 atom stereocenters. The highest BCUT2D eigenvalue weighted by molar-refractivity contribution is 5.26. The van der Waals surface area contributed by atoms with E-state index >= 15 is 0 Å². The molecule has 0 aliphatic rings. The Balaban J connectivity index is 3.07. The first-order chi connectivity index (χ1) is 6.43. The van der Waals surface area contributed by atoms with E-state index in [0.717, 1.165) is 12.1 Å². The predicted octanol–water partition coefficient (Wildman–Crippen LogP) is 1.70. The van der Waals surface area contributed by atoms with E-state index in [0.29, 0.717) is 6.07 Å². The van der Waals surface area contributed by atoms with Crippen molar-refractivity contribution in [2.45, 2.75) is 12.7 Å². The van der Waals surface area contributed by atoms with E-state index in [4.69, 9.17) is 0 Å². The van der Waals surface area contributed by atoms with Crippen LogP contribution in [0, 0.1) is 12.9 Å². The number of hydrogen-bond donors (Lipinski definition) is 1. The normalized spacial score (nSPS) is 11.8. The summed E-state index contributed by atoms with van der Waals surface area (Å²) < 4.78 is 49.3. The standard InChI is InChI=1S/C9H9F4N/c1-14-5-6-2-7(9(11,12)13)4-8(10)3-6/h2-4H,1,5,14H2. The number of halogens is 4. The van der Waals surface area contributed by atoms with E-state index in [-0.39, 0.29) is 12.1 Å². The molecular weight excluding hydrogens is 198 g/mol. The average Bonchev–Trinajstić information content (AvgIpc) is 2.02. The summed E-state index contributed by atoms with van der Waals surface area (Å²) in [5.41, 5.74) is -0.693. The molecule has 2 N–H and O–H groups in total. The van der Waals surface area contributed by atoms with Crippen LogP contribution >= 0.6 is 0 Å². The molecule has 0 spiro atoms. The van der Waals surface area contributed by atoms with Crippen molar-refractivity contribution in [2.75, 3.05) is 0 Å². The van der Waals surface area contributed by atoms with Gasteiger partial charge in [-0.3, -0.25) is 0 Å². The van der Waals surface area contributed by atoms with E-state index in [1.54, 1.807) is 0 Å². The van der Waals surface area contributed by atoms with Gasteiger partial charge in [0, 0.05) is 5.56 Å². The minimum atomic E-state index is -4.50. The predicted molar refractivity (Wildman–Crippen MR) is 42.4 cm³/mol. The van der Waals surface area contributed by atoms with Gasteiger partial charge in [0.2, 0.25) is 0 Å². The van der Waals surface area contributed by atoms with Gasteiger partial charge in [0.05, 0.1) is 12.1 Å². The van der Waals surface area contributed by atoms with Crippen LogP contribution in [0.5, 0.6) is 0 Å². The molecule has 14 heavy (non-hydrogen) atoms. The first kappa shape index (κ1) is 11.0. The third-order valence-corrected chi connectivity index (χ3v) is 1.66. The summed E-state index contributed by atoms with van der Waals surface area (Å²) in [6, 6.07) is 2.47. The summed E-state index contributed by atoms with van der Waals surface area (Å²) in [6.45, 7) is 0.223. The molecule has 1 rings (SSSR count). The molecule has 0 amide bonds. The molecule has 1 nitrogen and oxygen atoms in total. The Labute approximate surface area is 78.7 Å². The van der Waals surface area contributed by atoms with Crippen molar-refractivity contribution in [3.8, 4) is 0 Å². The molecule has 0 aliphatic carbocycles. The van der Waals surface area contributed by atoms with Gasteiger partial charge in [-0.05, 0) is 18.2 Å². The molecule has 5 heteroatoms. The third kappa shape index (κ3) is 2.70. The second-order valence-electron chi connectivity index (χ2n) is 2.84. The molecule has 1 aromatic rings. The van der Waals surface area contributed by atoms with Crippen molar-refractivity contribution < 1.29 is 22.9 Å². The Kier molecular flexibility index (Phi) is 3.10. The van der Waals surface area contributed by atoms with Crippen molar-refractivity contribution in [3.63, 3.8) is 0 Å². The number of nitrogens with two attached hydrogens (primary N) is 1. The zero-order valence-electron chi connectivity index (χ0n) is 7.24. The second kappa shape index (κ2) is 3.96. The van der Waals surface area contributed by atoms with Crippen LogP contribution < -0.4 is 5.32 Å². The van der Waals surface area contributed by atoms with Crippen LogP contribution in [0.2, 0.25) is 0 Å². The average molecular weight is 207 g/mol. The summed E-state index contributed by atoms with van der Waals surface area (Å²) in [5, 5.41) is 1.43. The number of benzene rings is 1. The Morgan fingerprint density at radius 1 is 1.21 bits per heavy atom. The van der Waals surface area contributed by atoms with Crippen LogP contribution in [0.4, 0.5) is 17.6 Å². The van der Waals surface area contributed by atoms with Gasteiger partial charge in [0.25, 0.3) is 0 Å². The molecule has 0 aromatic heterocycles. The van der Waals surface area contributed by atoms with Crippen molar-refractivity contribution in [3.05, 3.63) is 42.2 Å². The smallest absolute Gasteiger partial charge is 0.416 e.